The first-order chi connectivity index (χ1) is 16.6. The predicted octanol–water partition coefficient (Wildman–Crippen LogP) is 7.34. The molecule has 0 aliphatic carbocycles. The van der Waals surface area contributed by atoms with E-state index in [1.165, 1.54) is 5.56 Å². The number of hydrogen-bond donors (Lipinski definition) is 0. The van der Waals surface area contributed by atoms with Crippen LogP contribution < -0.4 is 18.9 Å². The van der Waals surface area contributed by atoms with Crippen molar-refractivity contribution in [3.8, 4) is 28.7 Å². The van der Waals surface area contributed by atoms with Crippen LogP contribution in [-0.4, -0.2) is 31.6 Å². The Kier molecular flexibility index (Phi) is 7.80. The van der Waals surface area contributed by atoms with E-state index < -0.39 is 0 Å². The Hall–Kier alpha value is -3.38. The molecule has 0 unspecified atom stereocenters. The average Bonchev–Trinajstić information content (AvgIpc) is 2.87. The molecule has 34 heavy (non-hydrogen) atoms. The largest absolute Gasteiger partial charge is 0.493 e. The van der Waals surface area contributed by atoms with E-state index in [9.17, 15) is 0 Å². The van der Waals surface area contributed by atoms with Crippen molar-refractivity contribution in [1.29, 1.82) is 0 Å². The lowest BCUT2D eigenvalue weighted by atomic mass is 10.0. The number of thioether (sulfide) groups is 1. The predicted molar refractivity (Wildman–Crippen MR) is 138 cm³/mol. The van der Waals surface area contributed by atoms with Crippen molar-refractivity contribution in [2.24, 2.45) is 0 Å². The second-order valence-electron chi connectivity index (χ2n) is 8.03. The molecule has 6 heteroatoms. The standard InChI is InChI=1S/C28H29NO4S/c1-19(2)20-5-7-21(8-6-20)32-15-16-34-23-11-9-22(10-12-23)33-26-13-14-29-25-18-28(31-4)27(30-3)17-24(25)26/h5-14,17-19H,15-16H2,1-4H3. The van der Waals surface area contributed by atoms with Gasteiger partial charge in [-0.25, -0.2) is 0 Å². The summed E-state index contributed by atoms with van der Waals surface area (Å²) in [6, 6.07) is 22.0. The van der Waals surface area contributed by atoms with Crippen LogP contribution in [0.3, 0.4) is 0 Å². The van der Waals surface area contributed by atoms with Gasteiger partial charge < -0.3 is 18.9 Å². The van der Waals surface area contributed by atoms with Crippen LogP contribution in [0.1, 0.15) is 25.3 Å². The highest BCUT2D eigenvalue weighted by Gasteiger charge is 2.11. The van der Waals surface area contributed by atoms with Gasteiger partial charge in [-0.05, 0) is 60.0 Å². The molecule has 1 aromatic heterocycles. The lowest BCUT2D eigenvalue weighted by molar-refractivity contribution is 0.344. The van der Waals surface area contributed by atoms with E-state index in [1.54, 1.807) is 32.2 Å². The Bertz CT molecular complexity index is 1220. The zero-order chi connectivity index (χ0) is 23.9. The smallest absolute Gasteiger partial charge is 0.162 e. The molecule has 0 saturated heterocycles. The highest BCUT2D eigenvalue weighted by atomic mass is 32.2. The monoisotopic (exact) mass is 475 g/mol. The summed E-state index contributed by atoms with van der Waals surface area (Å²) in [5.74, 6) is 5.04. The van der Waals surface area contributed by atoms with E-state index in [-0.39, 0.29) is 0 Å². The number of hydrogen-bond acceptors (Lipinski definition) is 6. The first kappa shape index (κ1) is 23.8. The molecule has 0 radical (unpaired) electrons. The molecular weight excluding hydrogens is 446 g/mol. The minimum absolute atomic E-state index is 0.528. The molecule has 176 valence electrons. The van der Waals surface area contributed by atoms with Crippen LogP contribution in [0.15, 0.2) is 77.8 Å². The molecule has 1 heterocycles. The Morgan fingerprint density at radius 1 is 0.794 bits per heavy atom. The van der Waals surface area contributed by atoms with Crippen LogP contribution >= 0.6 is 11.8 Å². The quantitative estimate of drug-likeness (QED) is 0.177. The van der Waals surface area contributed by atoms with Crippen LogP contribution in [0.4, 0.5) is 0 Å². The fraction of sp³-hybridized carbons (Fsp3) is 0.250. The Morgan fingerprint density at radius 3 is 2.15 bits per heavy atom. The number of methoxy groups -OCH3 is 2. The molecule has 4 aromatic rings. The van der Waals surface area contributed by atoms with Crippen molar-refractivity contribution < 1.29 is 18.9 Å². The Morgan fingerprint density at radius 2 is 1.47 bits per heavy atom. The zero-order valence-electron chi connectivity index (χ0n) is 19.9. The Labute approximate surface area is 205 Å². The van der Waals surface area contributed by atoms with E-state index in [0.717, 1.165) is 33.1 Å². The second kappa shape index (κ2) is 11.2. The van der Waals surface area contributed by atoms with E-state index in [2.05, 4.69) is 43.1 Å². The van der Waals surface area contributed by atoms with E-state index >= 15 is 0 Å². The lowest BCUT2D eigenvalue weighted by Crippen LogP contribution is -2.00. The maximum absolute atomic E-state index is 6.16. The fourth-order valence-electron chi connectivity index (χ4n) is 3.54. The van der Waals surface area contributed by atoms with Crippen molar-refractivity contribution >= 4 is 22.7 Å². The summed E-state index contributed by atoms with van der Waals surface area (Å²) in [6.07, 6.45) is 1.73. The second-order valence-corrected chi connectivity index (χ2v) is 9.20. The maximum atomic E-state index is 6.16. The third-order valence-electron chi connectivity index (χ3n) is 5.43. The molecule has 0 amide bonds. The third-order valence-corrected chi connectivity index (χ3v) is 6.40. The average molecular weight is 476 g/mol. The Balaban J connectivity index is 1.34. The molecule has 0 spiro atoms. The first-order valence-corrected chi connectivity index (χ1v) is 12.2. The number of aromatic nitrogens is 1. The lowest BCUT2D eigenvalue weighted by Gasteiger charge is -2.12. The van der Waals surface area contributed by atoms with Crippen LogP contribution in [0.5, 0.6) is 28.7 Å². The summed E-state index contributed by atoms with van der Waals surface area (Å²) in [6.45, 7) is 5.03. The zero-order valence-corrected chi connectivity index (χ0v) is 20.7. The first-order valence-electron chi connectivity index (χ1n) is 11.2. The van der Waals surface area contributed by atoms with Crippen LogP contribution in [-0.2, 0) is 0 Å². The molecule has 3 aromatic carbocycles. The van der Waals surface area contributed by atoms with Gasteiger partial charge in [0.1, 0.15) is 17.2 Å². The number of nitrogens with zero attached hydrogens (tertiary/aromatic N) is 1. The van der Waals surface area contributed by atoms with Crippen molar-refractivity contribution in [3.05, 3.63) is 78.5 Å². The van der Waals surface area contributed by atoms with Gasteiger partial charge in [0, 0.05) is 28.3 Å². The van der Waals surface area contributed by atoms with E-state index in [0.29, 0.717) is 29.8 Å². The molecule has 0 aliphatic rings. The normalized spacial score (nSPS) is 11.0. The molecule has 0 saturated carbocycles. The van der Waals surface area contributed by atoms with Crippen molar-refractivity contribution in [2.45, 2.75) is 24.7 Å². The number of fused-ring (bicyclic) bond motifs is 1. The van der Waals surface area contributed by atoms with Gasteiger partial charge in [-0.3, -0.25) is 4.98 Å². The maximum Gasteiger partial charge on any atom is 0.162 e. The SMILES string of the molecule is COc1cc2nccc(Oc3ccc(SCCOc4ccc(C(C)C)cc4)cc3)c2cc1OC. The summed E-state index contributed by atoms with van der Waals surface area (Å²) in [4.78, 5) is 5.59. The highest BCUT2D eigenvalue weighted by molar-refractivity contribution is 7.99. The summed E-state index contributed by atoms with van der Waals surface area (Å²) in [7, 11) is 3.23. The van der Waals surface area contributed by atoms with Crippen molar-refractivity contribution in [3.63, 3.8) is 0 Å². The van der Waals surface area contributed by atoms with Gasteiger partial charge in [-0.1, -0.05) is 26.0 Å². The molecule has 0 atom stereocenters. The third kappa shape index (κ3) is 5.75. The van der Waals surface area contributed by atoms with Gasteiger partial charge in [0.15, 0.2) is 11.5 Å². The number of ether oxygens (including phenoxy) is 4. The molecule has 0 bridgehead atoms. The van der Waals surface area contributed by atoms with Gasteiger partial charge in [0.2, 0.25) is 0 Å². The van der Waals surface area contributed by atoms with Gasteiger partial charge in [0.05, 0.1) is 26.3 Å². The van der Waals surface area contributed by atoms with Crippen LogP contribution in [0.2, 0.25) is 0 Å². The van der Waals surface area contributed by atoms with E-state index in [1.807, 2.05) is 42.5 Å². The molecule has 0 N–H and O–H groups in total. The molecular formula is C28H29NO4S. The van der Waals surface area contributed by atoms with Gasteiger partial charge in [-0.15, -0.1) is 11.8 Å². The highest BCUT2D eigenvalue weighted by Crippen LogP contribution is 2.37. The summed E-state index contributed by atoms with van der Waals surface area (Å²) in [5, 5.41) is 0.858. The number of pyridine rings is 1. The summed E-state index contributed by atoms with van der Waals surface area (Å²) < 4.78 is 22.8. The van der Waals surface area contributed by atoms with Crippen molar-refractivity contribution in [2.75, 3.05) is 26.6 Å². The fourth-order valence-corrected chi connectivity index (χ4v) is 4.27. The summed E-state index contributed by atoms with van der Waals surface area (Å²) >= 11 is 1.75. The minimum Gasteiger partial charge on any atom is -0.493 e. The molecule has 0 aliphatic heterocycles. The van der Waals surface area contributed by atoms with Crippen LogP contribution in [0.25, 0.3) is 10.9 Å². The van der Waals surface area contributed by atoms with Gasteiger partial charge in [-0.2, -0.15) is 0 Å². The van der Waals surface area contributed by atoms with Gasteiger partial charge >= 0.3 is 0 Å². The molecule has 0 fully saturated rings. The summed E-state index contributed by atoms with van der Waals surface area (Å²) in [5.41, 5.74) is 2.10. The van der Waals surface area contributed by atoms with Gasteiger partial charge in [0.25, 0.3) is 0 Å². The number of rotatable bonds is 10. The topological polar surface area (TPSA) is 49.8 Å². The van der Waals surface area contributed by atoms with Crippen molar-refractivity contribution in [1.82, 2.24) is 4.98 Å². The number of benzene rings is 3. The minimum atomic E-state index is 0.528. The van der Waals surface area contributed by atoms with E-state index in [4.69, 9.17) is 18.9 Å². The molecule has 4 rings (SSSR count). The van der Waals surface area contributed by atoms with Crippen LogP contribution in [0, 0.1) is 0 Å². The molecule has 5 nitrogen and oxygen atoms in total.